The lowest BCUT2D eigenvalue weighted by molar-refractivity contribution is -0.137. The van der Waals surface area contributed by atoms with Gasteiger partial charge in [0.1, 0.15) is 0 Å². The molecule has 1 fully saturated rings. The lowest BCUT2D eigenvalue weighted by Crippen LogP contribution is -2.35. The van der Waals surface area contributed by atoms with Crippen LogP contribution in [0.5, 0.6) is 0 Å². The van der Waals surface area contributed by atoms with Crippen molar-refractivity contribution in [3.05, 3.63) is 47.2 Å². The monoisotopic (exact) mass is 354 g/mol. The van der Waals surface area contributed by atoms with Crippen LogP contribution in [-0.4, -0.2) is 23.4 Å². The number of alkyl halides is 3. The Morgan fingerprint density at radius 3 is 2.56 bits per heavy atom. The molecule has 0 aliphatic carbocycles. The van der Waals surface area contributed by atoms with Gasteiger partial charge in [0.25, 0.3) is 0 Å². The van der Waals surface area contributed by atoms with Gasteiger partial charge in [0.2, 0.25) is 11.8 Å². The fourth-order valence-electron chi connectivity index (χ4n) is 3.14. The highest BCUT2D eigenvalue weighted by Crippen LogP contribution is 2.42. The second kappa shape index (κ2) is 6.78. The molecule has 0 bridgehead atoms. The molecule has 1 aliphatic rings. The van der Waals surface area contributed by atoms with Gasteiger partial charge in [0, 0.05) is 19.1 Å². The van der Waals surface area contributed by atoms with Gasteiger partial charge >= 0.3 is 6.18 Å². The number of aromatic nitrogens is 2. The van der Waals surface area contributed by atoms with Crippen LogP contribution in [0.1, 0.15) is 61.9 Å². The van der Waals surface area contributed by atoms with E-state index >= 15 is 0 Å². The first-order valence-electron chi connectivity index (χ1n) is 8.46. The van der Waals surface area contributed by atoms with E-state index in [0.717, 1.165) is 12.5 Å². The largest absolute Gasteiger partial charge is 0.424 e. The quantitative estimate of drug-likeness (QED) is 0.799. The molecule has 0 spiro atoms. The molecule has 2 heterocycles. The number of ether oxygens (including phenoxy) is 1. The van der Waals surface area contributed by atoms with Crippen LogP contribution in [0.25, 0.3) is 0 Å². The fourth-order valence-corrected chi connectivity index (χ4v) is 3.14. The molecule has 1 aromatic heterocycles. The van der Waals surface area contributed by atoms with Crippen LogP contribution in [-0.2, 0) is 16.3 Å². The lowest BCUT2D eigenvalue weighted by Gasteiger charge is -2.34. The molecule has 7 heteroatoms. The molecule has 136 valence electrons. The van der Waals surface area contributed by atoms with Gasteiger partial charge in [0.15, 0.2) is 0 Å². The highest BCUT2D eigenvalue weighted by atomic mass is 19.4. The summed E-state index contributed by atoms with van der Waals surface area (Å²) in [6, 6.07) is 5.41. The van der Waals surface area contributed by atoms with Crippen molar-refractivity contribution in [3.63, 3.8) is 0 Å². The summed E-state index contributed by atoms with van der Waals surface area (Å²) >= 11 is 0. The summed E-state index contributed by atoms with van der Waals surface area (Å²) in [4.78, 5) is 0. The van der Waals surface area contributed by atoms with Crippen molar-refractivity contribution < 1.29 is 22.3 Å². The van der Waals surface area contributed by atoms with Crippen molar-refractivity contribution in [2.45, 2.75) is 50.6 Å². The summed E-state index contributed by atoms with van der Waals surface area (Å²) in [5, 5.41) is 8.32. The number of nitrogens with zero attached hydrogens (tertiary/aromatic N) is 2. The van der Waals surface area contributed by atoms with Gasteiger partial charge in [-0.2, -0.15) is 13.2 Å². The van der Waals surface area contributed by atoms with Gasteiger partial charge in [-0.15, -0.1) is 10.2 Å². The molecule has 1 saturated heterocycles. The zero-order valence-corrected chi connectivity index (χ0v) is 14.3. The third-order valence-corrected chi connectivity index (χ3v) is 4.97. The van der Waals surface area contributed by atoms with E-state index in [1.165, 1.54) is 12.1 Å². The molecule has 1 aromatic carbocycles. The summed E-state index contributed by atoms with van der Waals surface area (Å²) < 4.78 is 50.8. The molecule has 1 atom stereocenters. The number of halogens is 3. The summed E-state index contributed by atoms with van der Waals surface area (Å²) in [6.07, 6.45) is -2.52. The molecule has 25 heavy (non-hydrogen) atoms. The smallest absolute Gasteiger partial charge is 0.416 e. The molecular formula is C18H21F3N2O2. The standard InChI is InChI=1S/C18H21F3N2O2/c1-3-12(2)15-22-23-16(25-15)17(7-9-24-10-8-17)13-5-4-6-14(11-13)18(19,20)21/h4-6,11-12H,3,7-10H2,1-2H3/t12-/m0/s1. The van der Waals surface area contributed by atoms with E-state index in [1.54, 1.807) is 6.07 Å². The number of hydrogen-bond donors (Lipinski definition) is 0. The van der Waals surface area contributed by atoms with Gasteiger partial charge < -0.3 is 9.15 Å². The number of rotatable bonds is 4. The van der Waals surface area contributed by atoms with Crippen molar-refractivity contribution in [3.8, 4) is 0 Å². The Labute approximate surface area is 144 Å². The molecular weight excluding hydrogens is 333 g/mol. The van der Waals surface area contributed by atoms with Gasteiger partial charge in [0.05, 0.1) is 11.0 Å². The predicted molar refractivity (Wildman–Crippen MR) is 85.3 cm³/mol. The second-order valence-electron chi connectivity index (χ2n) is 6.53. The Bertz CT molecular complexity index is 721. The van der Waals surface area contributed by atoms with Crippen LogP contribution in [0.15, 0.2) is 28.7 Å². The van der Waals surface area contributed by atoms with Gasteiger partial charge in [-0.05, 0) is 30.9 Å². The Kier molecular flexibility index (Phi) is 4.86. The predicted octanol–water partition coefficient (Wildman–Crippen LogP) is 4.70. The van der Waals surface area contributed by atoms with E-state index in [0.29, 0.717) is 43.4 Å². The molecule has 1 aliphatic heterocycles. The van der Waals surface area contributed by atoms with Gasteiger partial charge in [-0.1, -0.05) is 32.0 Å². The van der Waals surface area contributed by atoms with Crippen LogP contribution >= 0.6 is 0 Å². The van der Waals surface area contributed by atoms with Crippen LogP contribution in [0.2, 0.25) is 0 Å². The minimum atomic E-state index is -4.39. The zero-order chi connectivity index (χ0) is 18.1. The number of benzene rings is 1. The average Bonchev–Trinajstić information content (AvgIpc) is 3.12. The van der Waals surface area contributed by atoms with E-state index < -0.39 is 17.2 Å². The molecule has 0 radical (unpaired) electrons. The minimum Gasteiger partial charge on any atom is -0.424 e. The Morgan fingerprint density at radius 2 is 1.92 bits per heavy atom. The van der Waals surface area contributed by atoms with Crippen molar-refractivity contribution in [1.29, 1.82) is 0 Å². The lowest BCUT2D eigenvalue weighted by atomic mass is 9.73. The summed E-state index contributed by atoms with van der Waals surface area (Å²) in [5.74, 6) is 1.01. The van der Waals surface area contributed by atoms with E-state index in [4.69, 9.17) is 9.15 Å². The molecule has 0 saturated carbocycles. The number of hydrogen-bond acceptors (Lipinski definition) is 4. The second-order valence-corrected chi connectivity index (χ2v) is 6.53. The molecule has 4 nitrogen and oxygen atoms in total. The molecule has 2 aromatic rings. The molecule has 3 rings (SSSR count). The zero-order valence-electron chi connectivity index (χ0n) is 14.3. The third-order valence-electron chi connectivity index (χ3n) is 4.97. The van der Waals surface area contributed by atoms with E-state index in [9.17, 15) is 13.2 Å². The van der Waals surface area contributed by atoms with Crippen molar-refractivity contribution >= 4 is 0 Å². The highest BCUT2D eigenvalue weighted by Gasteiger charge is 2.43. The van der Waals surface area contributed by atoms with Crippen LogP contribution in [0, 0.1) is 0 Å². The molecule has 0 amide bonds. The van der Waals surface area contributed by atoms with Gasteiger partial charge in [-0.25, -0.2) is 0 Å². The first-order valence-corrected chi connectivity index (χ1v) is 8.46. The van der Waals surface area contributed by atoms with E-state index in [-0.39, 0.29) is 5.92 Å². The van der Waals surface area contributed by atoms with E-state index in [2.05, 4.69) is 10.2 Å². The van der Waals surface area contributed by atoms with Crippen LogP contribution in [0.4, 0.5) is 13.2 Å². The maximum Gasteiger partial charge on any atom is 0.416 e. The topological polar surface area (TPSA) is 48.2 Å². The summed E-state index contributed by atoms with van der Waals surface area (Å²) in [5.41, 5.74) is -0.861. The van der Waals surface area contributed by atoms with Crippen LogP contribution < -0.4 is 0 Å². The fraction of sp³-hybridized carbons (Fsp3) is 0.556. The van der Waals surface area contributed by atoms with Crippen LogP contribution in [0.3, 0.4) is 0 Å². The highest BCUT2D eigenvalue weighted by molar-refractivity contribution is 5.36. The third kappa shape index (κ3) is 3.42. The molecule has 0 unspecified atom stereocenters. The van der Waals surface area contributed by atoms with Gasteiger partial charge in [-0.3, -0.25) is 0 Å². The van der Waals surface area contributed by atoms with E-state index in [1.807, 2.05) is 13.8 Å². The maximum atomic E-state index is 13.1. The Balaban J connectivity index is 2.07. The van der Waals surface area contributed by atoms with Crippen molar-refractivity contribution in [2.75, 3.05) is 13.2 Å². The summed E-state index contributed by atoms with van der Waals surface area (Å²) in [6.45, 7) is 4.89. The Morgan fingerprint density at radius 1 is 1.20 bits per heavy atom. The maximum absolute atomic E-state index is 13.1. The first-order chi connectivity index (χ1) is 11.9. The Hall–Kier alpha value is -1.89. The summed E-state index contributed by atoms with van der Waals surface area (Å²) in [7, 11) is 0. The molecule has 0 N–H and O–H groups in total. The normalized spacial score (nSPS) is 18.9. The first kappa shape index (κ1) is 17.9. The average molecular weight is 354 g/mol. The minimum absolute atomic E-state index is 0.111. The van der Waals surface area contributed by atoms with Crippen molar-refractivity contribution in [2.24, 2.45) is 0 Å². The van der Waals surface area contributed by atoms with Crippen molar-refractivity contribution in [1.82, 2.24) is 10.2 Å². The SMILES string of the molecule is CC[C@H](C)c1nnc(C2(c3cccc(C(F)(F)F)c3)CCOCC2)o1.